The zero-order valence-electron chi connectivity index (χ0n) is 16.2. The number of halogens is 2. The second-order valence-corrected chi connectivity index (χ2v) is 7.47. The Kier molecular flexibility index (Phi) is 7.27. The van der Waals surface area contributed by atoms with Gasteiger partial charge in [-0.2, -0.15) is 0 Å². The lowest BCUT2D eigenvalue weighted by Gasteiger charge is -2.20. The van der Waals surface area contributed by atoms with Gasteiger partial charge in [0.25, 0.3) is 5.91 Å². The lowest BCUT2D eigenvalue weighted by atomic mass is 10.1. The third kappa shape index (κ3) is 4.75. The average Bonchev–Trinajstić information content (AvgIpc) is 2.92. The van der Waals surface area contributed by atoms with Crippen molar-refractivity contribution in [3.63, 3.8) is 0 Å². The van der Waals surface area contributed by atoms with E-state index in [2.05, 4.69) is 10.6 Å². The van der Waals surface area contributed by atoms with Crippen LogP contribution in [0.25, 0.3) is 0 Å². The van der Waals surface area contributed by atoms with Gasteiger partial charge in [-0.05, 0) is 39.8 Å². The Balaban J connectivity index is 2.30. The van der Waals surface area contributed by atoms with Crippen LogP contribution in [-0.2, 0) is 14.4 Å². The molecule has 0 aliphatic carbocycles. The van der Waals surface area contributed by atoms with Crippen molar-refractivity contribution in [3.8, 4) is 0 Å². The molecule has 6 nitrogen and oxygen atoms in total. The highest BCUT2D eigenvalue weighted by atomic mass is 35.5. The van der Waals surface area contributed by atoms with Crippen LogP contribution in [-0.4, -0.2) is 30.3 Å². The molecule has 2 N–H and O–H groups in total. The van der Waals surface area contributed by atoms with E-state index in [1.54, 1.807) is 20.8 Å². The van der Waals surface area contributed by atoms with Crippen molar-refractivity contribution in [1.29, 1.82) is 0 Å². The number of carbonyl (C=O) groups is 3. The van der Waals surface area contributed by atoms with Gasteiger partial charge in [0, 0.05) is 12.1 Å². The highest BCUT2D eigenvalue weighted by molar-refractivity contribution is 6.40. The standard InChI is InChI=1S/C20H23Cl2N3O3/c1-5-6-7-23-19(27)12(4)24-16-10-17(15(22)9-14(16)21)25-18(26)8-13(11(2)3)20(25)28/h5-6,9-10,12,24H,7-8H2,1-4H3,(H,23,27)/b6-5+. The fourth-order valence-corrected chi connectivity index (χ4v) is 3.26. The van der Waals surface area contributed by atoms with E-state index >= 15 is 0 Å². The lowest BCUT2D eigenvalue weighted by Crippen LogP contribution is -2.37. The molecule has 1 fully saturated rings. The number of rotatable bonds is 6. The van der Waals surface area contributed by atoms with E-state index in [0.717, 1.165) is 10.5 Å². The molecule has 0 bridgehead atoms. The Morgan fingerprint density at radius 2 is 1.93 bits per heavy atom. The Labute approximate surface area is 174 Å². The molecule has 1 atom stereocenters. The molecule has 1 unspecified atom stereocenters. The van der Waals surface area contributed by atoms with Crippen LogP contribution in [0, 0.1) is 0 Å². The molecule has 1 saturated heterocycles. The zero-order valence-corrected chi connectivity index (χ0v) is 17.7. The Hall–Kier alpha value is -2.31. The second-order valence-electron chi connectivity index (χ2n) is 6.65. The minimum atomic E-state index is -0.588. The predicted molar refractivity (Wildman–Crippen MR) is 113 cm³/mol. The fraction of sp³-hybridized carbons (Fsp3) is 0.350. The first-order valence-electron chi connectivity index (χ1n) is 8.85. The molecule has 1 aromatic rings. The number of anilines is 2. The number of hydrogen-bond donors (Lipinski definition) is 2. The van der Waals surface area contributed by atoms with Gasteiger partial charge in [0.15, 0.2) is 0 Å². The van der Waals surface area contributed by atoms with Crippen LogP contribution in [0.5, 0.6) is 0 Å². The van der Waals surface area contributed by atoms with Gasteiger partial charge in [-0.3, -0.25) is 14.4 Å². The Bertz CT molecular complexity index is 874. The van der Waals surface area contributed by atoms with E-state index in [0.29, 0.717) is 17.8 Å². The third-order valence-electron chi connectivity index (χ3n) is 4.31. The molecule has 28 heavy (non-hydrogen) atoms. The molecule has 150 valence electrons. The van der Waals surface area contributed by atoms with Crippen molar-refractivity contribution in [2.45, 2.75) is 40.2 Å². The molecule has 0 saturated carbocycles. The topological polar surface area (TPSA) is 78.5 Å². The summed E-state index contributed by atoms with van der Waals surface area (Å²) in [5.74, 6) is -0.961. The van der Waals surface area contributed by atoms with Gasteiger partial charge in [-0.1, -0.05) is 40.9 Å². The summed E-state index contributed by atoms with van der Waals surface area (Å²) >= 11 is 12.5. The summed E-state index contributed by atoms with van der Waals surface area (Å²) in [4.78, 5) is 38.3. The first-order chi connectivity index (χ1) is 13.2. The molecule has 0 aromatic heterocycles. The highest BCUT2D eigenvalue weighted by Crippen LogP contribution is 2.38. The summed E-state index contributed by atoms with van der Waals surface area (Å²) in [7, 11) is 0. The molecular weight excluding hydrogens is 401 g/mol. The third-order valence-corrected chi connectivity index (χ3v) is 4.93. The van der Waals surface area contributed by atoms with Crippen LogP contribution in [0.4, 0.5) is 11.4 Å². The van der Waals surface area contributed by atoms with Crippen LogP contribution in [0.15, 0.2) is 35.4 Å². The molecule has 0 spiro atoms. The molecule has 2 rings (SSSR count). The molecule has 3 amide bonds. The van der Waals surface area contributed by atoms with E-state index in [1.807, 2.05) is 19.1 Å². The summed E-state index contributed by atoms with van der Waals surface area (Å²) in [6.45, 7) is 7.54. The minimum Gasteiger partial charge on any atom is -0.373 e. The van der Waals surface area contributed by atoms with Crippen molar-refractivity contribution in [1.82, 2.24) is 5.32 Å². The summed E-state index contributed by atoms with van der Waals surface area (Å²) in [5, 5.41) is 6.22. The summed E-state index contributed by atoms with van der Waals surface area (Å²) in [6, 6.07) is 2.38. The smallest absolute Gasteiger partial charge is 0.261 e. The molecular formula is C20H23Cl2N3O3. The number of nitrogens with one attached hydrogen (secondary N) is 2. The van der Waals surface area contributed by atoms with Gasteiger partial charge in [-0.15, -0.1) is 0 Å². The van der Waals surface area contributed by atoms with E-state index in [4.69, 9.17) is 23.2 Å². The number of benzene rings is 1. The van der Waals surface area contributed by atoms with Crippen molar-refractivity contribution >= 4 is 52.3 Å². The van der Waals surface area contributed by atoms with Crippen molar-refractivity contribution in [3.05, 3.63) is 45.5 Å². The molecule has 1 heterocycles. The predicted octanol–water partition coefficient (Wildman–Crippen LogP) is 4.09. The summed E-state index contributed by atoms with van der Waals surface area (Å²) in [5.41, 5.74) is 1.89. The molecule has 1 aromatic carbocycles. The maximum Gasteiger partial charge on any atom is 0.261 e. The number of carbonyl (C=O) groups excluding carboxylic acids is 3. The number of hydrogen-bond acceptors (Lipinski definition) is 4. The van der Waals surface area contributed by atoms with Crippen molar-refractivity contribution in [2.75, 3.05) is 16.8 Å². The van der Waals surface area contributed by atoms with Gasteiger partial charge in [0.2, 0.25) is 11.8 Å². The summed E-state index contributed by atoms with van der Waals surface area (Å²) < 4.78 is 0. The van der Waals surface area contributed by atoms with Crippen LogP contribution < -0.4 is 15.5 Å². The maximum absolute atomic E-state index is 12.6. The normalized spacial score (nSPS) is 15.4. The number of amides is 3. The summed E-state index contributed by atoms with van der Waals surface area (Å²) in [6.07, 6.45) is 3.70. The number of nitrogens with zero attached hydrogens (tertiary/aromatic N) is 1. The SMILES string of the molecule is C/C=C/CNC(=O)C(C)Nc1cc(N2C(=O)CC(=C(C)C)C2=O)c(Cl)cc1Cl. The minimum absolute atomic E-state index is 0.0344. The van der Waals surface area contributed by atoms with Crippen LogP contribution in [0.2, 0.25) is 10.0 Å². The first-order valence-corrected chi connectivity index (χ1v) is 9.61. The first kappa shape index (κ1) is 22.0. The zero-order chi connectivity index (χ0) is 21.0. The van der Waals surface area contributed by atoms with E-state index in [1.165, 1.54) is 12.1 Å². The Morgan fingerprint density at radius 3 is 2.50 bits per heavy atom. The van der Waals surface area contributed by atoms with Gasteiger partial charge in [0.05, 0.1) is 27.8 Å². The average molecular weight is 424 g/mol. The van der Waals surface area contributed by atoms with Crippen LogP contribution in [0.3, 0.4) is 0 Å². The lowest BCUT2D eigenvalue weighted by molar-refractivity contribution is -0.122. The van der Waals surface area contributed by atoms with Crippen molar-refractivity contribution < 1.29 is 14.4 Å². The number of imide groups is 1. The van der Waals surface area contributed by atoms with Crippen LogP contribution >= 0.6 is 23.2 Å². The monoisotopic (exact) mass is 423 g/mol. The van der Waals surface area contributed by atoms with Gasteiger partial charge >= 0.3 is 0 Å². The van der Waals surface area contributed by atoms with Gasteiger partial charge in [0.1, 0.15) is 6.04 Å². The van der Waals surface area contributed by atoms with Gasteiger partial charge < -0.3 is 10.6 Å². The second kappa shape index (κ2) is 9.26. The quantitative estimate of drug-likeness (QED) is 0.410. The molecule has 0 radical (unpaired) electrons. The van der Waals surface area contributed by atoms with E-state index < -0.39 is 11.9 Å². The molecule has 1 aliphatic heterocycles. The van der Waals surface area contributed by atoms with Crippen LogP contribution in [0.1, 0.15) is 34.1 Å². The molecule has 8 heteroatoms. The maximum atomic E-state index is 12.6. The van der Waals surface area contributed by atoms with E-state index in [-0.39, 0.29) is 34.0 Å². The Morgan fingerprint density at radius 1 is 1.25 bits per heavy atom. The molecule has 1 aliphatic rings. The highest BCUT2D eigenvalue weighted by Gasteiger charge is 2.37. The van der Waals surface area contributed by atoms with Gasteiger partial charge in [-0.25, -0.2) is 4.90 Å². The fourth-order valence-electron chi connectivity index (χ4n) is 2.74. The van der Waals surface area contributed by atoms with E-state index in [9.17, 15) is 14.4 Å². The number of allylic oxidation sites excluding steroid dienone is 2. The largest absolute Gasteiger partial charge is 0.373 e. The van der Waals surface area contributed by atoms with Crippen molar-refractivity contribution in [2.24, 2.45) is 0 Å².